The van der Waals surface area contributed by atoms with Gasteiger partial charge >= 0.3 is 0 Å². The van der Waals surface area contributed by atoms with E-state index >= 15 is 0 Å². The van der Waals surface area contributed by atoms with Crippen LogP contribution in [0.2, 0.25) is 0 Å². The molecule has 134 valence electrons. The molecule has 0 bridgehead atoms. The first-order valence-electron chi connectivity index (χ1n) is 9.81. The molecular weight excluding hydrogens is 318 g/mol. The van der Waals surface area contributed by atoms with Gasteiger partial charge in [-0.3, -0.25) is 0 Å². The number of fused-ring (bicyclic) bond motifs is 4. The predicted octanol–water partition coefficient (Wildman–Crippen LogP) is 4.74. The Kier molecular flexibility index (Phi) is 3.61. The van der Waals surface area contributed by atoms with Crippen molar-refractivity contribution in [3.05, 3.63) is 65.4 Å². The van der Waals surface area contributed by atoms with Gasteiger partial charge in [0.25, 0.3) is 0 Å². The summed E-state index contributed by atoms with van der Waals surface area (Å²) in [7, 11) is 4.19. The zero-order valence-electron chi connectivity index (χ0n) is 15.7. The minimum Gasteiger partial charge on any atom is -0.378 e. The van der Waals surface area contributed by atoms with E-state index in [0.717, 1.165) is 6.54 Å². The Morgan fingerprint density at radius 2 is 1.69 bits per heavy atom. The van der Waals surface area contributed by atoms with Crippen molar-refractivity contribution in [1.82, 2.24) is 10.3 Å². The number of hydrogen-bond donors (Lipinski definition) is 2. The van der Waals surface area contributed by atoms with E-state index in [-0.39, 0.29) is 5.54 Å². The van der Waals surface area contributed by atoms with Gasteiger partial charge in [0, 0.05) is 48.8 Å². The molecule has 5 rings (SSSR count). The molecule has 3 heteroatoms. The molecule has 3 aromatic rings. The van der Waals surface area contributed by atoms with Gasteiger partial charge in [-0.1, -0.05) is 43.2 Å². The number of hydrogen-bond acceptors (Lipinski definition) is 2. The van der Waals surface area contributed by atoms with Gasteiger partial charge in [0.05, 0.1) is 5.54 Å². The minimum absolute atomic E-state index is 0.161. The van der Waals surface area contributed by atoms with Crippen molar-refractivity contribution in [2.45, 2.75) is 37.1 Å². The van der Waals surface area contributed by atoms with E-state index in [4.69, 9.17) is 0 Å². The Morgan fingerprint density at radius 1 is 0.962 bits per heavy atom. The molecule has 1 spiro atoms. The van der Waals surface area contributed by atoms with Crippen LogP contribution in [-0.2, 0) is 5.54 Å². The monoisotopic (exact) mass is 345 g/mol. The van der Waals surface area contributed by atoms with Crippen molar-refractivity contribution in [2.75, 3.05) is 25.5 Å². The highest BCUT2D eigenvalue weighted by Gasteiger charge is 2.44. The maximum atomic E-state index is 3.96. The van der Waals surface area contributed by atoms with Gasteiger partial charge in [0.2, 0.25) is 0 Å². The Morgan fingerprint density at radius 3 is 2.42 bits per heavy atom. The first-order valence-corrected chi connectivity index (χ1v) is 9.81. The summed E-state index contributed by atoms with van der Waals surface area (Å²) in [4.78, 5) is 5.97. The second kappa shape index (κ2) is 5.88. The fourth-order valence-electron chi connectivity index (χ4n) is 5.09. The molecule has 0 saturated heterocycles. The van der Waals surface area contributed by atoms with Gasteiger partial charge in [-0.25, -0.2) is 0 Å². The lowest BCUT2D eigenvalue weighted by Gasteiger charge is -2.39. The number of para-hydroxylation sites is 1. The quantitative estimate of drug-likeness (QED) is 0.703. The van der Waals surface area contributed by atoms with E-state index in [9.17, 15) is 0 Å². The molecule has 0 radical (unpaired) electrons. The van der Waals surface area contributed by atoms with Crippen LogP contribution < -0.4 is 10.2 Å². The Bertz CT molecular complexity index is 930. The van der Waals surface area contributed by atoms with Crippen molar-refractivity contribution < 1.29 is 0 Å². The van der Waals surface area contributed by atoms with Gasteiger partial charge in [0.15, 0.2) is 0 Å². The lowest BCUT2D eigenvalue weighted by molar-refractivity contribution is 0.306. The Labute approximate surface area is 155 Å². The first-order chi connectivity index (χ1) is 12.7. The minimum atomic E-state index is 0.161. The maximum Gasteiger partial charge on any atom is 0.0590 e. The molecule has 0 unspecified atom stereocenters. The molecule has 1 atom stereocenters. The van der Waals surface area contributed by atoms with E-state index in [2.05, 4.69) is 77.8 Å². The largest absolute Gasteiger partial charge is 0.378 e. The van der Waals surface area contributed by atoms with Crippen molar-refractivity contribution in [2.24, 2.45) is 0 Å². The van der Waals surface area contributed by atoms with E-state index < -0.39 is 0 Å². The molecule has 1 aliphatic heterocycles. The summed E-state index contributed by atoms with van der Waals surface area (Å²) >= 11 is 0. The van der Waals surface area contributed by atoms with E-state index in [1.54, 1.807) is 0 Å². The third-order valence-corrected chi connectivity index (χ3v) is 6.49. The van der Waals surface area contributed by atoms with Gasteiger partial charge in [-0.2, -0.15) is 0 Å². The topological polar surface area (TPSA) is 31.1 Å². The third-order valence-electron chi connectivity index (χ3n) is 6.49. The van der Waals surface area contributed by atoms with Crippen molar-refractivity contribution >= 4 is 16.6 Å². The molecule has 2 aromatic carbocycles. The number of anilines is 1. The van der Waals surface area contributed by atoms with Crippen molar-refractivity contribution in [3.63, 3.8) is 0 Å². The van der Waals surface area contributed by atoms with Crippen LogP contribution in [0.1, 0.15) is 48.4 Å². The highest BCUT2D eigenvalue weighted by Crippen LogP contribution is 2.48. The number of nitrogens with zero attached hydrogens (tertiary/aromatic N) is 1. The van der Waals surface area contributed by atoms with Crippen LogP contribution in [0.3, 0.4) is 0 Å². The summed E-state index contributed by atoms with van der Waals surface area (Å²) in [5.41, 5.74) is 7.07. The highest BCUT2D eigenvalue weighted by atomic mass is 15.1. The van der Waals surface area contributed by atoms with Crippen LogP contribution in [0.5, 0.6) is 0 Å². The van der Waals surface area contributed by atoms with E-state index in [1.807, 2.05) is 0 Å². The molecule has 1 aliphatic carbocycles. The molecule has 3 nitrogen and oxygen atoms in total. The summed E-state index contributed by atoms with van der Waals surface area (Å²) in [6.45, 7) is 1.02. The summed E-state index contributed by atoms with van der Waals surface area (Å²) < 4.78 is 0. The molecule has 2 N–H and O–H groups in total. The maximum absolute atomic E-state index is 3.96. The van der Waals surface area contributed by atoms with Crippen LogP contribution >= 0.6 is 0 Å². The molecule has 2 heterocycles. The highest BCUT2D eigenvalue weighted by molar-refractivity contribution is 5.86. The van der Waals surface area contributed by atoms with Crippen LogP contribution in [0.15, 0.2) is 48.5 Å². The predicted molar refractivity (Wildman–Crippen MR) is 109 cm³/mol. The number of H-pyrrole nitrogens is 1. The van der Waals surface area contributed by atoms with Crippen LogP contribution in [-0.4, -0.2) is 25.6 Å². The fraction of sp³-hybridized carbons (Fsp3) is 0.391. The average Bonchev–Trinajstić information content (AvgIpc) is 3.29. The second-order valence-electron chi connectivity index (χ2n) is 8.17. The standard InChI is InChI=1S/C23H27N3/c1-26(2)17-11-9-16(10-12-17)19-15-24-23(13-5-6-14-23)22-21(19)18-7-3-4-8-20(18)25-22/h3-4,7-12,19,24-25H,5-6,13-15H2,1-2H3/t19-/m1/s1. The van der Waals surface area contributed by atoms with Crippen molar-refractivity contribution in [3.8, 4) is 0 Å². The van der Waals surface area contributed by atoms with Gasteiger partial charge in [0.1, 0.15) is 0 Å². The van der Waals surface area contributed by atoms with Crippen LogP contribution in [0.25, 0.3) is 10.9 Å². The molecule has 1 aromatic heterocycles. The summed E-state index contributed by atoms with van der Waals surface area (Å²) in [5.74, 6) is 0.406. The molecule has 26 heavy (non-hydrogen) atoms. The lowest BCUT2D eigenvalue weighted by atomic mass is 9.78. The second-order valence-corrected chi connectivity index (χ2v) is 8.17. The molecule has 1 saturated carbocycles. The van der Waals surface area contributed by atoms with E-state index in [1.165, 1.54) is 59.1 Å². The number of nitrogens with one attached hydrogen (secondary N) is 2. The number of rotatable bonds is 2. The van der Waals surface area contributed by atoms with Gasteiger partial charge in [-0.15, -0.1) is 0 Å². The Balaban J connectivity index is 1.67. The van der Waals surface area contributed by atoms with Crippen LogP contribution in [0.4, 0.5) is 5.69 Å². The van der Waals surface area contributed by atoms with Gasteiger partial charge < -0.3 is 15.2 Å². The van der Waals surface area contributed by atoms with E-state index in [0.29, 0.717) is 5.92 Å². The Hall–Kier alpha value is -2.26. The zero-order valence-corrected chi connectivity index (χ0v) is 15.7. The third kappa shape index (κ3) is 2.30. The van der Waals surface area contributed by atoms with Crippen molar-refractivity contribution in [1.29, 1.82) is 0 Å². The lowest BCUT2D eigenvalue weighted by Crippen LogP contribution is -2.47. The van der Waals surface area contributed by atoms with Gasteiger partial charge in [-0.05, 0) is 42.2 Å². The average molecular weight is 345 g/mol. The summed E-state index contributed by atoms with van der Waals surface area (Å²) in [5, 5.41) is 5.36. The molecule has 0 amide bonds. The summed E-state index contributed by atoms with van der Waals surface area (Å²) in [6.07, 6.45) is 5.15. The fourth-order valence-corrected chi connectivity index (χ4v) is 5.09. The number of benzene rings is 2. The molecule has 1 fully saturated rings. The van der Waals surface area contributed by atoms with Crippen LogP contribution in [0, 0.1) is 0 Å². The smallest absolute Gasteiger partial charge is 0.0590 e. The number of aromatic nitrogens is 1. The normalized spacial score (nSPS) is 21.2. The molecule has 2 aliphatic rings. The SMILES string of the molecule is CN(C)c1ccc([C@H]2CNC3(CCCC3)c3[nH]c4ccccc4c32)cc1. The number of aromatic amines is 1. The zero-order chi connectivity index (χ0) is 17.7. The molecular formula is C23H27N3. The first kappa shape index (κ1) is 16.0. The summed E-state index contributed by atoms with van der Waals surface area (Å²) in [6, 6.07) is 17.9.